The van der Waals surface area contributed by atoms with Crippen LogP contribution >= 0.6 is 0 Å². The SMILES string of the molecule is COc1cc(-c2cc(CN3CCC(N(Cc4cccc(-c5cc(OC)c(OC)c(C6CCC6)c5)c4)c4ccc5c(c4)CCC5)CC3)ccn2)cc(OC)c1OC. The van der Waals surface area contributed by atoms with E-state index in [-0.39, 0.29) is 0 Å². The van der Waals surface area contributed by atoms with E-state index in [1.54, 1.807) is 35.5 Å². The number of piperidine rings is 1. The largest absolute Gasteiger partial charge is 0.493 e. The number of benzene rings is 4. The summed E-state index contributed by atoms with van der Waals surface area (Å²) in [5.74, 6) is 4.05. The molecule has 0 atom stereocenters. The van der Waals surface area contributed by atoms with Crippen molar-refractivity contribution in [3.05, 3.63) is 113 Å². The van der Waals surface area contributed by atoms with Crippen molar-refractivity contribution in [2.75, 3.05) is 53.5 Å². The average molecular weight is 754 g/mol. The maximum atomic E-state index is 5.88. The van der Waals surface area contributed by atoms with Crippen LogP contribution in [0.1, 0.15) is 72.3 Å². The lowest BCUT2D eigenvalue weighted by atomic mass is 9.78. The van der Waals surface area contributed by atoms with Crippen LogP contribution < -0.4 is 28.6 Å². The van der Waals surface area contributed by atoms with Crippen LogP contribution in [0.25, 0.3) is 22.4 Å². The Labute approximate surface area is 332 Å². The second-order valence-electron chi connectivity index (χ2n) is 15.5. The molecular formula is C48H55N3O5. The Morgan fingerprint density at radius 2 is 1.34 bits per heavy atom. The molecule has 2 fully saturated rings. The number of fused-ring (bicyclic) bond motifs is 1. The molecule has 8 rings (SSSR count). The van der Waals surface area contributed by atoms with E-state index in [0.29, 0.717) is 29.2 Å². The summed E-state index contributed by atoms with van der Waals surface area (Å²) >= 11 is 0. The van der Waals surface area contributed by atoms with Crippen LogP contribution in [0.3, 0.4) is 0 Å². The van der Waals surface area contributed by atoms with Crippen LogP contribution in [0.2, 0.25) is 0 Å². The molecular weight excluding hydrogens is 699 g/mol. The van der Waals surface area contributed by atoms with Crippen LogP contribution in [0.15, 0.2) is 85.1 Å². The molecule has 2 heterocycles. The Balaban J connectivity index is 1.01. The van der Waals surface area contributed by atoms with Crippen molar-refractivity contribution in [1.29, 1.82) is 0 Å². The minimum absolute atomic E-state index is 0.438. The highest BCUT2D eigenvalue weighted by Crippen LogP contribution is 2.47. The Morgan fingerprint density at radius 3 is 2.04 bits per heavy atom. The Bertz CT molecular complexity index is 2130. The highest BCUT2D eigenvalue weighted by Gasteiger charge is 2.28. The monoisotopic (exact) mass is 753 g/mol. The summed E-state index contributed by atoms with van der Waals surface area (Å²) in [4.78, 5) is 9.99. The highest BCUT2D eigenvalue weighted by atomic mass is 16.5. The highest BCUT2D eigenvalue weighted by molar-refractivity contribution is 5.71. The third kappa shape index (κ3) is 7.77. The zero-order chi connectivity index (χ0) is 38.6. The molecule has 2 aliphatic carbocycles. The van der Waals surface area contributed by atoms with E-state index in [1.165, 1.54) is 83.2 Å². The second kappa shape index (κ2) is 16.9. The number of hydrogen-bond donors (Lipinski definition) is 0. The van der Waals surface area contributed by atoms with Crippen molar-refractivity contribution in [2.45, 2.75) is 76.4 Å². The third-order valence-electron chi connectivity index (χ3n) is 12.3. The summed E-state index contributed by atoms with van der Waals surface area (Å²) in [5, 5.41) is 0. The van der Waals surface area contributed by atoms with Crippen molar-refractivity contribution >= 4 is 5.69 Å². The molecule has 0 radical (unpaired) electrons. The first-order valence-electron chi connectivity index (χ1n) is 20.2. The maximum absolute atomic E-state index is 5.88. The van der Waals surface area contributed by atoms with Gasteiger partial charge in [0.2, 0.25) is 5.75 Å². The standard InChI is InChI=1S/C48H55N3O5/c1-52-44-27-38(26-42(47(44)55-4)35-11-8-12-35)36-13-6-9-32(23-36)31-51(41-16-15-34-10-7-14-37(34)25-41)40-18-21-50(22-19-40)30-33-17-20-49-43(24-33)39-28-45(53-2)48(56-5)46(29-39)54-3/h6,9,13,15-17,20,23-29,35,40H,7-8,10-12,14,18-19,21-22,30-31H2,1-5H3. The average Bonchev–Trinajstić information content (AvgIpc) is 3.70. The first kappa shape index (κ1) is 37.7. The normalized spacial score (nSPS) is 15.9. The van der Waals surface area contributed by atoms with Crippen molar-refractivity contribution in [3.8, 4) is 51.1 Å². The van der Waals surface area contributed by atoms with E-state index in [4.69, 9.17) is 28.7 Å². The van der Waals surface area contributed by atoms with Gasteiger partial charge in [0.05, 0.1) is 41.2 Å². The number of nitrogens with zero attached hydrogens (tertiary/aromatic N) is 3. The van der Waals surface area contributed by atoms with Gasteiger partial charge in [0.15, 0.2) is 23.0 Å². The number of aromatic nitrogens is 1. The molecule has 56 heavy (non-hydrogen) atoms. The number of methoxy groups -OCH3 is 5. The summed E-state index contributed by atoms with van der Waals surface area (Å²) in [5.41, 5.74) is 12.4. The quantitative estimate of drug-likeness (QED) is 0.111. The van der Waals surface area contributed by atoms with Crippen LogP contribution in [0.4, 0.5) is 5.69 Å². The van der Waals surface area contributed by atoms with Gasteiger partial charge in [0.1, 0.15) is 0 Å². The molecule has 1 aromatic heterocycles. The molecule has 0 spiro atoms. The molecule has 1 saturated heterocycles. The van der Waals surface area contributed by atoms with E-state index < -0.39 is 0 Å². The number of aryl methyl sites for hydroxylation is 2. The van der Waals surface area contributed by atoms with Crippen molar-refractivity contribution in [1.82, 2.24) is 9.88 Å². The summed E-state index contributed by atoms with van der Waals surface area (Å²) in [7, 11) is 8.41. The molecule has 8 nitrogen and oxygen atoms in total. The third-order valence-corrected chi connectivity index (χ3v) is 12.3. The first-order chi connectivity index (χ1) is 27.5. The summed E-state index contributed by atoms with van der Waals surface area (Å²) < 4.78 is 28.5. The lowest BCUT2D eigenvalue weighted by Gasteiger charge is -2.40. The summed E-state index contributed by atoms with van der Waals surface area (Å²) in [6.45, 7) is 3.80. The lowest BCUT2D eigenvalue weighted by molar-refractivity contribution is 0.201. The molecule has 0 bridgehead atoms. The van der Waals surface area contributed by atoms with E-state index >= 15 is 0 Å². The minimum Gasteiger partial charge on any atom is -0.493 e. The number of rotatable bonds is 14. The van der Waals surface area contributed by atoms with E-state index in [0.717, 1.165) is 61.8 Å². The van der Waals surface area contributed by atoms with E-state index in [9.17, 15) is 0 Å². The molecule has 3 aliphatic rings. The van der Waals surface area contributed by atoms with Gasteiger partial charge in [-0.25, -0.2) is 0 Å². The van der Waals surface area contributed by atoms with Gasteiger partial charge < -0.3 is 28.6 Å². The molecule has 8 heteroatoms. The van der Waals surface area contributed by atoms with Gasteiger partial charge in [-0.2, -0.15) is 0 Å². The van der Waals surface area contributed by atoms with Crippen molar-refractivity contribution in [3.63, 3.8) is 0 Å². The van der Waals surface area contributed by atoms with Gasteiger partial charge in [0.25, 0.3) is 0 Å². The molecule has 0 N–H and O–H groups in total. The number of likely N-dealkylation sites (tertiary alicyclic amines) is 1. The molecule has 1 saturated carbocycles. The van der Waals surface area contributed by atoms with Crippen LogP contribution in [-0.4, -0.2) is 64.6 Å². The zero-order valence-electron chi connectivity index (χ0n) is 33.6. The molecule has 1 aliphatic heterocycles. The summed E-state index contributed by atoms with van der Waals surface area (Å²) in [6.07, 6.45) is 11.4. The number of ether oxygens (including phenoxy) is 5. The summed E-state index contributed by atoms with van der Waals surface area (Å²) in [6, 6.07) is 29.5. The van der Waals surface area contributed by atoms with Crippen LogP contribution in [0.5, 0.6) is 28.7 Å². The topological polar surface area (TPSA) is 65.5 Å². The van der Waals surface area contributed by atoms with Gasteiger partial charge in [-0.05, 0) is 139 Å². The van der Waals surface area contributed by atoms with Crippen molar-refractivity contribution in [2.24, 2.45) is 0 Å². The van der Waals surface area contributed by atoms with Crippen LogP contribution in [-0.2, 0) is 25.9 Å². The number of hydrogen-bond acceptors (Lipinski definition) is 8. The predicted molar refractivity (Wildman–Crippen MR) is 224 cm³/mol. The Morgan fingerprint density at radius 1 is 0.625 bits per heavy atom. The lowest BCUT2D eigenvalue weighted by Crippen LogP contribution is -2.44. The van der Waals surface area contributed by atoms with Gasteiger partial charge in [0, 0.05) is 55.2 Å². The number of pyridine rings is 1. The van der Waals surface area contributed by atoms with Gasteiger partial charge in [-0.15, -0.1) is 0 Å². The van der Waals surface area contributed by atoms with Crippen molar-refractivity contribution < 1.29 is 23.7 Å². The van der Waals surface area contributed by atoms with E-state index in [1.807, 2.05) is 18.3 Å². The van der Waals surface area contributed by atoms with Gasteiger partial charge in [-0.1, -0.05) is 30.7 Å². The van der Waals surface area contributed by atoms with Gasteiger partial charge >= 0.3 is 0 Å². The fourth-order valence-electron chi connectivity index (χ4n) is 9.00. The predicted octanol–water partition coefficient (Wildman–Crippen LogP) is 9.89. The molecule has 0 unspecified atom stereocenters. The Hall–Kier alpha value is -5.21. The fraction of sp³-hybridized carbons (Fsp3) is 0.396. The minimum atomic E-state index is 0.438. The van der Waals surface area contributed by atoms with Gasteiger partial charge in [-0.3, -0.25) is 9.88 Å². The smallest absolute Gasteiger partial charge is 0.203 e. The molecule has 4 aromatic carbocycles. The fourth-order valence-corrected chi connectivity index (χ4v) is 9.00. The maximum Gasteiger partial charge on any atom is 0.203 e. The van der Waals surface area contributed by atoms with E-state index in [2.05, 4.69) is 76.5 Å². The number of anilines is 1. The molecule has 292 valence electrons. The zero-order valence-corrected chi connectivity index (χ0v) is 33.6. The van der Waals surface area contributed by atoms with Crippen LogP contribution in [0, 0.1) is 0 Å². The Kier molecular flexibility index (Phi) is 11.4. The molecule has 5 aromatic rings. The molecule has 0 amide bonds. The first-order valence-corrected chi connectivity index (χ1v) is 20.2. The second-order valence-corrected chi connectivity index (χ2v) is 15.5.